The van der Waals surface area contributed by atoms with Crippen LogP contribution in [-0.4, -0.2) is 45.4 Å². The van der Waals surface area contributed by atoms with Gasteiger partial charge in [0.2, 0.25) is 0 Å². The summed E-state index contributed by atoms with van der Waals surface area (Å²) in [6.07, 6.45) is -4.61. The Hall–Kier alpha value is -3.27. The van der Waals surface area contributed by atoms with E-state index in [4.69, 9.17) is 9.47 Å². The van der Waals surface area contributed by atoms with Crippen LogP contribution in [0.15, 0.2) is 42.5 Å². The van der Waals surface area contributed by atoms with E-state index in [0.29, 0.717) is 32.0 Å². The van der Waals surface area contributed by atoms with E-state index in [1.165, 1.54) is 25.3 Å². The number of methoxy groups -OCH3 is 1. The summed E-state index contributed by atoms with van der Waals surface area (Å²) < 4.78 is 49.4. The first-order chi connectivity index (χ1) is 14.3. The molecule has 1 fully saturated rings. The molecule has 0 aromatic heterocycles. The van der Waals surface area contributed by atoms with Gasteiger partial charge in [-0.3, -0.25) is 0 Å². The molecule has 160 valence electrons. The molecule has 1 heterocycles. The van der Waals surface area contributed by atoms with E-state index in [0.717, 1.165) is 12.1 Å². The van der Waals surface area contributed by atoms with Gasteiger partial charge in [-0.05, 0) is 30.3 Å². The molecule has 0 saturated carbocycles. The molecule has 0 atom stereocenters. The summed E-state index contributed by atoms with van der Waals surface area (Å²) >= 11 is 0. The van der Waals surface area contributed by atoms with E-state index < -0.39 is 23.7 Å². The van der Waals surface area contributed by atoms with Crippen LogP contribution in [0.25, 0.3) is 0 Å². The Morgan fingerprint density at radius 2 is 1.77 bits per heavy atom. The first kappa shape index (κ1) is 21.4. The minimum Gasteiger partial charge on any atom is -0.465 e. The van der Waals surface area contributed by atoms with Gasteiger partial charge in [0.25, 0.3) is 0 Å². The minimum absolute atomic E-state index is 0.230. The zero-order valence-corrected chi connectivity index (χ0v) is 16.1. The van der Waals surface area contributed by atoms with Gasteiger partial charge in [-0.15, -0.1) is 0 Å². The number of para-hydroxylation sites is 1. The SMILES string of the molecule is COC(=O)c1cc(NC(=O)Nc2ccccc2C(F)(F)F)ccc1N1CCOCC1. The molecule has 0 unspecified atom stereocenters. The van der Waals surface area contributed by atoms with Crippen LogP contribution in [0.4, 0.5) is 35.0 Å². The number of amides is 2. The fourth-order valence-electron chi connectivity index (χ4n) is 3.09. The first-order valence-corrected chi connectivity index (χ1v) is 9.09. The topological polar surface area (TPSA) is 79.9 Å². The summed E-state index contributed by atoms with van der Waals surface area (Å²) in [5.41, 5.74) is -0.250. The van der Waals surface area contributed by atoms with Crippen molar-refractivity contribution in [3.63, 3.8) is 0 Å². The molecule has 0 aliphatic carbocycles. The molecule has 1 aliphatic rings. The van der Waals surface area contributed by atoms with Gasteiger partial charge in [0, 0.05) is 18.8 Å². The number of benzene rings is 2. The molecule has 0 bridgehead atoms. The number of ether oxygens (including phenoxy) is 2. The van der Waals surface area contributed by atoms with E-state index in [1.54, 1.807) is 12.1 Å². The van der Waals surface area contributed by atoms with Gasteiger partial charge in [0.05, 0.1) is 42.8 Å². The molecule has 2 aromatic carbocycles. The fraction of sp³-hybridized carbons (Fsp3) is 0.300. The van der Waals surface area contributed by atoms with Crippen molar-refractivity contribution in [2.75, 3.05) is 48.9 Å². The summed E-state index contributed by atoms with van der Waals surface area (Å²) in [4.78, 5) is 26.5. The smallest absolute Gasteiger partial charge is 0.418 e. The summed E-state index contributed by atoms with van der Waals surface area (Å²) in [6.45, 7) is 2.21. The molecule has 0 spiro atoms. The van der Waals surface area contributed by atoms with Crippen LogP contribution in [-0.2, 0) is 15.7 Å². The van der Waals surface area contributed by atoms with Gasteiger partial charge in [-0.2, -0.15) is 13.2 Å². The van der Waals surface area contributed by atoms with Gasteiger partial charge in [0.1, 0.15) is 0 Å². The highest BCUT2D eigenvalue weighted by Gasteiger charge is 2.33. The van der Waals surface area contributed by atoms with Gasteiger partial charge in [0.15, 0.2) is 0 Å². The van der Waals surface area contributed by atoms with Crippen LogP contribution >= 0.6 is 0 Å². The predicted octanol–water partition coefficient (Wildman–Crippen LogP) is 3.97. The number of morpholine rings is 1. The number of alkyl halides is 3. The van der Waals surface area contributed by atoms with Gasteiger partial charge in [-0.1, -0.05) is 12.1 Å². The van der Waals surface area contributed by atoms with Crippen molar-refractivity contribution in [1.29, 1.82) is 0 Å². The summed E-state index contributed by atoms with van der Waals surface area (Å²) in [7, 11) is 1.24. The zero-order chi connectivity index (χ0) is 21.7. The lowest BCUT2D eigenvalue weighted by Gasteiger charge is -2.30. The molecule has 3 rings (SSSR count). The Bertz CT molecular complexity index is 928. The van der Waals surface area contributed by atoms with Gasteiger partial charge < -0.3 is 25.0 Å². The lowest BCUT2D eigenvalue weighted by molar-refractivity contribution is -0.136. The van der Waals surface area contributed by atoms with Crippen molar-refractivity contribution in [2.24, 2.45) is 0 Å². The third kappa shape index (κ3) is 5.01. The van der Waals surface area contributed by atoms with Crippen molar-refractivity contribution in [2.45, 2.75) is 6.18 Å². The van der Waals surface area contributed by atoms with Crippen LogP contribution < -0.4 is 15.5 Å². The number of nitrogens with one attached hydrogen (secondary N) is 2. The molecular weight excluding hydrogens is 403 g/mol. The number of urea groups is 1. The second-order valence-corrected chi connectivity index (χ2v) is 6.45. The minimum atomic E-state index is -4.61. The third-order valence-electron chi connectivity index (χ3n) is 4.49. The zero-order valence-electron chi connectivity index (χ0n) is 16.1. The largest absolute Gasteiger partial charge is 0.465 e. The summed E-state index contributed by atoms with van der Waals surface area (Å²) in [5, 5.41) is 4.64. The van der Waals surface area contributed by atoms with Crippen molar-refractivity contribution >= 4 is 29.1 Å². The molecule has 2 N–H and O–H groups in total. The second kappa shape index (κ2) is 9.04. The summed E-state index contributed by atoms with van der Waals surface area (Å²) in [6, 6.07) is 8.42. The Labute approximate surface area is 170 Å². The lowest BCUT2D eigenvalue weighted by atomic mass is 10.1. The molecule has 1 saturated heterocycles. The maximum Gasteiger partial charge on any atom is 0.418 e. The van der Waals surface area contributed by atoms with Crippen LogP contribution in [0, 0.1) is 0 Å². The van der Waals surface area contributed by atoms with Crippen LogP contribution in [0.1, 0.15) is 15.9 Å². The number of halogens is 3. The number of anilines is 3. The number of rotatable bonds is 4. The predicted molar refractivity (Wildman–Crippen MR) is 105 cm³/mol. The monoisotopic (exact) mass is 423 g/mol. The molecule has 7 nitrogen and oxygen atoms in total. The Kier molecular flexibility index (Phi) is 6.46. The fourth-order valence-corrected chi connectivity index (χ4v) is 3.09. The van der Waals surface area contributed by atoms with E-state index in [-0.39, 0.29) is 16.9 Å². The highest BCUT2D eigenvalue weighted by Crippen LogP contribution is 2.34. The number of esters is 1. The molecule has 1 aliphatic heterocycles. The van der Waals surface area contributed by atoms with E-state index in [9.17, 15) is 22.8 Å². The maximum absolute atomic E-state index is 13.1. The number of hydrogen-bond acceptors (Lipinski definition) is 5. The summed E-state index contributed by atoms with van der Waals surface area (Å²) in [5.74, 6) is -0.594. The Morgan fingerprint density at radius 3 is 2.43 bits per heavy atom. The number of hydrogen-bond donors (Lipinski definition) is 2. The van der Waals surface area contributed by atoms with Crippen molar-refractivity contribution in [1.82, 2.24) is 0 Å². The number of carbonyl (C=O) groups excluding carboxylic acids is 2. The first-order valence-electron chi connectivity index (χ1n) is 9.09. The second-order valence-electron chi connectivity index (χ2n) is 6.45. The molecule has 2 amide bonds. The molecular formula is C20H20F3N3O4. The van der Waals surface area contributed by atoms with Gasteiger partial charge in [-0.25, -0.2) is 9.59 Å². The van der Waals surface area contributed by atoms with Crippen molar-refractivity contribution in [3.05, 3.63) is 53.6 Å². The van der Waals surface area contributed by atoms with E-state index in [1.807, 2.05) is 4.90 Å². The van der Waals surface area contributed by atoms with Gasteiger partial charge >= 0.3 is 18.2 Å². The average molecular weight is 423 g/mol. The highest BCUT2D eigenvalue weighted by atomic mass is 19.4. The van der Waals surface area contributed by atoms with Crippen molar-refractivity contribution in [3.8, 4) is 0 Å². The van der Waals surface area contributed by atoms with E-state index >= 15 is 0 Å². The third-order valence-corrected chi connectivity index (χ3v) is 4.49. The molecule has 2 aromatic rings. The van der Waals surface area contributed by atoms with Crippen LogP contribution in [0.5, 0.6) is 0 Å². The lowest BCUT2D eigenvalue weighted by Crippen LogP contribution is -2.37. The molecule has 0 radical (unpaired) electrons. The number of carbonyl (C=O) groups is 2. The van der Waals surface area contributed by atoms with Crippen LogP contribution in [0.3, 0.4) is 0 Å². The Balaban J connectivity index is 1.80. The Morgan fingerprint density at radius 1 is 1.07 bits per heavy atom. The highest BCUT2D eigenvalue weighted by molar-refractivity contribution is 6.02. The quantitative estimate of drug-likeness (QED) is 0.728. The standard InChI is InChI=1S/C20H20F3N3O4/c1-29-18(27)14-12-13(6-7-17(14)26-8-10-30-11-9-26)24-19(28)25-16-5-3-2-4-15(16)20(21,22)23/h2-7,12H,8-11H2,1H3,(H2,24,25,28). The molecule has 30 heavy (non-hydrogen) atoms. The number of nitrogens with zero attached hydrogens (tertiary/aromatic N) is 1. The van der Waals surface area contributed by atoms with E-state index in [2.05, 4.69) is 10.6 Å². The average Bonchev–Trinajstić information content (AvgIpc) is 2.73. The van der Waals surface area contributed by atoms with Crippen LogP contribution in [0.2, 0.25) is 0 Å². The molecule has 10 heteroatoms. The van der Waals surface area contributed by atoms with Crippen molar-refractivity contribution < 1.29 is 32.2 Å². The normalized spacial score (nSPS) is 14.2. The maximum atomic E-state index is 13.1.